The van der Waals surface area contributed by atoms with Gasteiger partial charge in [-0.25, -0.2) is 4.39 Å². The number of fused-ring (bicyclic) bond motifs is 1. The van der Waals surface area contributed by atoms with E-state index in [9.17, 15) is 4.39 Å². The van der Waals surface area contributed by atoms with Crippen LogP contribution < -0.4 is 15.4 Å². The van der Waals surface area contributed by atoms with E-state index in [1.54, 1.807) is 7.05 Å². The number of rotatable bonds is 4. The molecule has 1 aromatic carbocycles. The lowest BCUT2D eigenvalue weighted by Gasteiger charge is -2.21. The van der Waals surface area contributed by atoms with Gasteiger partial charge in [-0.15, -0.1) is 0 Å². The van der Waals surface area contributed by atoms with Crippen molar-refractivity contribution in [2.75, 3.05) is 27.0 Å². The SMILES string of the molecule is CN=C(NCc1cc(F)cc2c1OCOC2)NCC1CCCO1. The molecule has 0 bridgehead atoms. The highest BCUT2D eigenvalue weighted by molar-refractivity contribution is 5.79. The zero-order valence-corrected chi connectivity index (χ0v) is 13.2. The van der Waals surface area contributed by atoms with Crippen LogP contribution in [-0.4, -0.2) is 39.1 Å². The average molecular weight is 323 g/mol. The fourth-order valence-corrected chi connectivity index (χ4v) is 2.80. The maximum atomic E-state index is 13.7. The minimum atomic E-state index is -0.294. The molecule has 0 spiro atoms. The molecule has 2 aliphatic rings. The Labute approximate surface area is 135 Å². The lowest BCUT2D eigenvalue weighted by Crippen LogP contribution is -2.40. The number of nitrogens with zero attached hydrogens (tertiary/aromatic N) is 1. The number of benzene rings is 1. The number of hydrogen-bond acceptors (Lipinski definition) is 4. The third-order valence-corrected chi connectivity index (χ3v) is 3.94. The number of hydrogen-bond donors (Lipinski definition) is 2. The second-order valence-corrected chi connectivity index (χ2v) is 5.61. The molecule has 2 heterocycles. The van der Waals surface area contributed by atoms with Gasteiger partial charge in [-0.1, -0.05) is 0 Å². The molecule has 0 saturated carbocycles. The van der Waals surface area contributed by atoms with Crippen LogP contribution in [0.5, 0.6) is 5.75 Å². The van der Waals surface area contributed by atoms with Gasteiger partial charge in [0.25, 0.3) is 0 Å². The van der Waals surface area contributed by atoms with Crippen LogP contribution in [0.15, 0.2) is 17.1 Å². The van der Waals surface area contributed by atoms with Crippen molar-refractivity contribution in [1.82, 2.24) is 10.6 Å². The first-order chi connectivity index (χ1) is 11.3. The first-order valence-corrected chi connectivity index (χ1v) is 7.84. The van der Waals surface area contributed by atoms with E-state index in [2.05, 4.69) is 15.6 Å². The predicted octanol–water partition coefficient (Wildman–Crippen LogP) is 1.54. The quantitative estimate of drug-likeness (QED) is 0.650. The van der Waals surface area contributed by atoms with E-state index in [-0.39, 0.29) is 18.7 Å². The van der Waals surface area contributed by atoms with Crippen molar-refractivity contribution in [2.24, 2.45) is 4.99 Å². The fourth-order valence-electron chi connectivity index (χ4n) is 2.80. The lowest BCUT2D eigenvalue weighted by molar-refractivity contribution is -0.0173. The monoisotopic (exact) mass is 323 g/mol. The largest absolute Gasteiger partial charge is 0.467 e. The number of halogens is 1. The summed E-state index contributed by atoms with van der Waals surface area (Å²) < 4.78 is 30.0. The van der Waals surface area contributed by atoms with E-state index in [4.69, 9.17) is 14.2 Å². The summed E-state index contributed by atoms with van der Waals surface area (Å²) in [4.78, 5) is 4.18. The summed E-state index contributed by atoms with van der Waals surface area (Å²) in [7, 11) is 1.70. The molecule has 0 radical (unpaired) electrons. The Bertz CT molecular complexity index is 574. The fraction of sp³-hybridized carbons (Fsp3) is 0.562. The number of guanidine groups is 1. The minimum Gasteiger partial charge on any atom is -0.467 e. The standard InChI is InChI=1S/C16H22FN3O3/c1-18-16(20-8-14-3-2-4-22-14)19-7-11-5-13(17)6-12-9-21-10-23-15(11)12/h5-6,14H,2-4,7-10H2,1H3,(H2,18,19,20). The van der Waals surface area contributed by atoms with Crippen LogP contribution >= 0.6 is 0 Å². The normalized spacial score (nSPS) is 20.8. The smallest absolute Gasteiger partial charge is 0.191 e. The molecule has 126 valence electrons. The molecule has 0 amide bonds. The Hall–Kier alpha value is -1.86. The molecule has 3 rings (SSSR count). The Balaban J connectivity index is 1.59. The molecule has 2 N–H and O–H groups in total. The topological polar surface area (TPSA) is 64.1 Å². The van der Waals surface area contributed by atoms with Gasteiger partial charge in [-0.3, -0.25) is 4.99 Å². The van der Waals surface area contributed by atoms with E-state index < -0.39 is 0 Å². The summed E-state index contributed by atoms with van der Waals surface area (Å²) in [5, 5.41) is 6.41. The van der Waals surface area contributed by atoms with Crippen molar-refractivity contribution in [2.45, 2.75) is 32.1 Å². The summed E-state index contributed by atoms with van der Waals surface area (Å²) in [5.41, 5.74) is 1.48. The van der Waals surface area contributed by atoms with Crippen LogP contribution in [0.1, 0.15) is 24.0 Å². The molecule has 1 atom stereocenters. The van der Waals surface area contributed by atoms with Gasteiger partial charge in [-0.2, -0.15) is 0 Å². The molecule has 1 aromatic rings. The second-order valence-electron chi connectivity index (χ2n) is 5.61. The van der Waals surface area contributed by atoms with Crippen LogP contribution in [0.4, 0.5) is 4.39 Å². The van der Waals surface area contributed by atoms with Gasteiger partial charge in [-0.05, 0) is 25.0 Å². The highest BCUT2D eigenvalue weighted by atomic mass is 19.1. The maximum Gasteiger partial charge on any atom is 0.191 e. The van der Waals surface area contributed by atoms with Gasteiger partial charge in [0.2, 0.25) is 0 Å². The van der Waals surface area contributed by atoms with Crippen molar-refractivity contribution in [1.29, 1.82) is 0 Å². The van der Waals surface area contributed by atoms with E-state index in [0.29, 0.717) is 31.4 Å². The summed E-state index contributed by atoms with van der Waals surface area (Å²) in [6, 6.07) is 2.92. The van der Waals surface area contributed by atoms with Gasteiger partial charge >= 0.3 is 0 Å². The van der Waals surface area contributed by atoms with Crippen LogP contribution in [0.2, 0.25) is 0 Å². The highest BCUT2D eigenvalue weighted by Crippen LogP contribution is 2.29. The van der Waals surface area contributed by atoms with Crippen molar-refractivity contribution in [3.8, 4) is 5.75 Å². The third kappa shape index (κ3) is 4.11. The van der Waals surface area contributed by atoms with E-state index >= 15 is 0 Å². The number of ether oxygens (including phenoxy) is 3. The van der Waals surface area contributed by atoms with Crippen LogP contribution in [0.25, 0.3) is 0 Å². The number of nitrogens with one attached hydrogen (secondary N) is 2. The molecule has 1 unspecified atom stereocenters. The molecular weight excluding hydrogens is 301 g/mol. The zero-order chi connectivity index (χ0) is 16.1. The van der Waals surface area contributed by atoms with E-state index in [1.807, 2.05) is 0 Å². The predicted molar refractivity (Wildman–Crippen MR) is 83.9 cm³/mol. The Kier molecular flexibility index (Phi) is 5.30. The summed E-state index contributed by atoms with van der Waals surface area (Å²) in [6.07, 6.45) is 2.40. The number of aliphatic imine (C=N–C) groups is 1. The van der Waals surface area contributed by atoms with Gasteiger partial charge in [0, 0.05) is 37.9 Å². The molecule has 6 nitrogen and oxygen atoms in total. The van der Waals surface area contributed by atoms with Gasteiger partial charge in [0.15, 0.2) is 12.8 Å². The minimum absolute atomic E-state index is 0.192. The average Bonchev–Trinajstić information content (AvgIpc) is 3.08. The third-order valence-electron chi connectivity index (χ3n) is 3.94. The zero-order valence-electron chi connectivity index (χ0n) is 13.2. The second kappa shape index (κ2) is 7.61. The van der Waals surface area contributed by atoms with Gasteiger partial charge < -0.3 is 24.8 Å². The molecule has 0 aromatic heterocycles. The Morgan fingerprint density at radius 3 is 3.09 bits per heavy atom. The molecule has 7 heteroatoms. The van der Waals surface area contributed by atoms with E-state index in [0.717, 1.165) is 30.6 Å². The van der Waals surface area contributed by atoms with Crippen molar-refractivity contribution >= 4 is 5.96 Å². The maximum absolute atomic E-state index is 13.7. The Morgan fingerprint density at radius 1 is 1.39 bits per heavy atom. The molecule has 23 heavy (non-hydrogen) atoms. The summed E-state index contributed by atoms with van der Waals surface area (Å²) in [6.45, 7) is 2.52. The van der Waals surface area contributed by atoms with Crippen molar-refractivity contribution < 1.29 is 18.6 Å². The highest BCUT2D eigenvalue weighted by Gasteiger charge is 2.18. The molecule has 1 fully saturated rings. The van der Waals surface area contributed by atoms with Gasteiger partial charge in [0.05, 0.1) is 12.7 Å². The van der Waals surface area contributed by atoms with Crippen LogP contribution in [0, 0.1) is 5.82 Å². The van der Waals surface area contributed by atoms with Crippen molar-refractivity contribution in [3.63, 3.8) is 0 Å². The molecule has 2 aliphatic heterocycles. The first kappa shape index (κ1) is 16.0. The summed E-state index contributed by atoms with van der Waals surface area (Å²) >= 11 is 0. The van der Waals surface area contributed by atoms with Crippen LogP contribution in [0.3, 0.4) is 0 Å². The van der Waals surface area contributed by atoms with E-state index in [1.165, 1.54) is 12.1 Å². The Morgan fingerprint density at radius 2 is 2.30 bits per heavy atom. The molecule has 1 saturated heterocycles. The van der Waals surface area contributed by atoms with Crippen LogP contribution in [-0.2, 0) is 22.6 Å². The molecular formula is C16H22FN3O3. The van der Waals surface area contributed by atoms with Gasteiger partial charge in [0.1, 0.15) is 11.6 Å². The first-order valence-electron chi connectivity index (χ1n) is 7.84. The van der Waals surface area contributed by atoms with Crippen molar-refractivity contribution in [3.05, 3.63) is 29.1 Å². The lowest BCUT2D eigenvalue weighted by atomic mass is 10.1. The molecule has 0 aliphatic carbocycles. The summed E-state index contributed by atoms with van der Waals surface area (Å²) in [5.74, 6) is 1.06.